The van der Waals surface area contributed by atoms with Crippen LogP contribution in [0.1, 0.15) is 11.7 Å². The smallest absolute Gasteiger partial charge is 0.351 e. The normalized spacial score (nSPS) is 11.5. The summed E-state index contributed by atoms with van der Waals surface area (Å²) in [5.74, 6) is 1.43. The van der Waals surface area contributed by atoms with Gasteiger partial charge in [0, 0.05) is 10.6 Å². The molecular formula is C21H17ClO4. The van der Waals surface area contributed by atoms with E-state index in [1.807, 2.05) is 18.2 Å². The molecule has 0 aliphatic carbocycles. The number of carbonyl (C=O) groups excluding carboxylic acids is 1. The fraction of sp³-hybridized carbons (Fsp3) is 0.0952. The molecule has 1 unspecified atom stereocenters. The third-order valence-corrected chi connectivity index (χ3v) is 3.90. The van der Waals surface area contributed by atoms with Gasteiger partial charge in [-0.15, -0.1) is 0 Å². The number of esters is 1. The Balaban J connectivity index is 1.77. The molecule has 26 heavy (non-hydrogen) atoms. The Kier molecular flexibility index (Phi) is 5.77. The molecule has 0 aromatic heterocycles. The summed E-state index contributed by atoms with van der Waals surface area (Å²) >= 11 is 5.87. The molecule has 0 aliphatic heterocycles. The average molecular weight is 369 g/mol. The lowest BCUT2D eigenvalue weighted by molar-refractivity contribution is -0.149. The first-order chi connectivity index (χ1) is 12.7. The second-order valence-electron chi connectivity index (χ2n) is 5.46. The van der Waals surface area contributed by atoms with E-state index in [1.165, 1.54) is 7.11 Å². The van der Waals surface area contributed by atoms with Gasteiger partial charge < -0.3 is 14.2 Å². The first-order valence-electron chi connectivity index (χ1n) is 7.98. The van der Waals surface area contributed by atoms with Gasteiger partial charge in [-0.25, -0.2) is 4.79 Å². The van der Waals surface area contributed by atoms with E-state index in [1.54, 1.807) is 60.7 Å². The summed E-state index contributed by atoms with van der Waals surface area (Å²) in [5.41, 5.74) is 0.671. The van der Waals surface area contributed by atoms with Crippen molar-refractivity contribution in [1.82, 2.24) is 0 Å². The Labute approximate surface area is 156 Å². The predicted molar refractivity (Wildman–Crippen MR) is 99.8 cm³/mol. The second-order valence-corrected chi connectivity index (χ2v) is 5.90. The number of carbonyl (C=O) groups is 1. The molecule has 0 aliphatic rings. The Morgan fingerprint density at radius 1 is 0.808 bits per heavy atom. The third-order valence-electron chi connectivity index (χ3n) is 3.64. The lowest BCUT2D eigenvalue weighted by atomic mass is 10.1. The van der Waals surface area contributed by atoms with Crippen LogP contribution < -0.4 is 9.47 Å². The number of hydrogen-bond donors (Lipinski definition) is 0. The van der Waals surface area contributed by atoms with Crippen LogP contribution in [0.3, 0.4) is 0 Å². The van der Waals surface area contributed by atoms with Gasteiger partial charge in [-0.1, -0.05) is 41.9 Å². The number of rotatable bonds is 6. The van der Waals surface area contributed by atoms with Crippen LogP contribution in [-0.4, -0.2) is 13.1 Å². The summed E-state index contributed by atoms with van der Waals surface area (Å²) < 4.78 is 16.4. The van der Waals surface area contributed by atoms with Crippen molar-refractivity contribution in [3.05, 3.63) is 89.4 Å². The topological polar surface area (TPSA) is 44.8 Å². The highest BCUT2D eigenvalue weighted by Crippen LogP contribution is 2.27. The zero-order valence-electron chi connectivity index (χ0n) is 14.1. The van der Waals surface area contributed by atoms with Gasteiger partial charge in [0.25, 0.3) is 0 Å². The van der Waals surface area contributed by atoms with Gasteiger partial charge in [0.15, 0.2) is 0 Å². The number of benzene rings is 3. The summed E-state index contributed by atoms with van der Waals surface area (Å²) in [4.78, 5) is 12.1. The summed E-state index contributed by atoms with van der Waals surface area (Å²) in [5, 5.41) is 0.645. The van der Waals surface area contributed by atoms with Crippen molar-refractivity contribution in [1.29, 1.82) is 0 Å². The van der Waals surface area contributed by atoms with Crippen molar-refractivity contribution in [2.75, 3.05) is 7.11 Å². The van der Waals surface area contributed by atoms with Crippen LogP contribution in [-0.2, 0) is 9.53 Å². The van der Waals surface area contributed by atoms with Crippen LogP contribution >= 0.6 is 11.6 Å². The molecule has 1 atom stereocenters. The van der Waals surface area contributed by atoms with Gasteiger partial charge in [-0.3, -0.25) is 0 Å². The average Bonchev–Trinajstić information content (AvgIpc) is 2.69. The summed E-state index contributed by atoms with van der Waals surface area (Å²) in [7, 11) is 1.34. The maximum Gasteiger partial charge on any atom is 0.351 e. The number of ether oxygens (including phenoxy) is 3. The van der Waals surface area contributed by atoms with Crippen molar-refractivity contribution >= 4 is 17.6 Å². The van der Waals surface area contributed by atoms with E-state index in [0.29, 0.717) is 27.8 Å². The van der Waals surface area contributed by atoms with Crippen molar-refractivity contribution in [3.8, 4) is 17.2 Å². The highest BCUT2D eigenvalue weighted by Gasteiger charge is 2.23. The van der Waals surface area contributed by atoms with Gasteiger partial charge in [-0.2, -0.15) is 0 Å². The van der Waals surface area contributed by atoms with Gasteiger partial charge in [0.05, 0.1) is 7.11 Å². The highest BCUT2D eigenvalue weighted by molar-refractivity contribution is 6.30. The van der Waals surface area contributed by atoms with Gasteiger partial charge >= 0.3 is 5.97 Å². The van der Waals surface area contributed by atoms with Crippen molar-refractivity contribution < 1.29 is 19.0 Å². The molecule has 132 valence electrons. The number of halogens is 1. The Bertz CT molecular complexity index is 845. The van der Waals surface area contributed by atoms with E-state index in [4.69, 9.17) is 25.8 Å². The fourth-order valence-electron chi connectivity index (χ4n) is 2.34. The molecule has 0 N–H and O–H groups in total. The number of hydrogen-bond acceptors (Lipinski definition) is 4. The molecule has 0 fully saturated rings. The molecule has 0 heterocycles. The molecule has 3 rings (SSSR count). The van der Waals surface area contributed by atoms with E-state index in [0.717, 1.165) is 0 Å². The second kappa shape index (κ2) is 8.41. The van der Waals surface area contributed by atoms with E-state index in [-0.39, 0.29) is 0 Å². The zero-order chi connectivity index (χ0) is 18.4. The molecule has 0 saturated heterocycles. The molecule has 0 saturated carbocycles. The van der Waals surface area contributed by atoms with Crippen LogP contribution in [0.15, 0.2) is 78.9 Å². The van der Waals surface area contributed by atoms with Crippen molar-refractivity contribution in [3.63, 3.8) is 0 Å². The Morgan fingerprint density at radius 3 is 1.96 bits per heavy atom. The molecule has 0 spiro atoms. The summed E-state index contributed by atoms with van der Waals surface area (Å²) in [6.07, 6.45) is -0.855. The van der Waals surface area contributed by atoms with Crippen LogP contribution in [0.4, 0.5) is 0 Å². The van der Waals surface area contributed by atoms with E-state index >= 15 is 0 Å². The Morgan fingerprint density at radius 2 is 1.38 bits per heavy atom. The summed E-state index contributed by atoms with van der Waals surface area (Å²) in [6, 6.07) is 23.3. The SMILES string of the molecule is COC(=O)C(Oc1ccccc1)c1ccc(Oc2ccc(Cl)cc2)cc1. The third kappa shape index (κ3) is 4.55. The highest BCUT2D eigenvalue weighted by atomic mass is 35.5. The number of para-hydroxylation sites is 1. The molecule has 4 nitrogen and oxygen atoms in total. The zero-order valence-corrected chi connectivity index (χ0v) is 14.8. The standard InChI is InChI=1S/C21H17ClO4/c1-24-21(23)20(26-17-5-3-2-4-6-17)15-7-11-18(12-8-15)25-19-13-9-16(22)10-14-19/h2-14,20H,1H3. The Hall–Kier alpha value is -2.98. The minimum Gasteiger partial charge on any atom is -0.474 e. The minimum atomic E-state index is -0.855. The largest absolute Gasteiger partial charge is 0.474 e. The monoisotopic (exact) mass is 368 g/mol. The quantitative estimate of drug-likeness (QED) is 0.544. The lowest BCUT2D eigenvalue weighted by Crippen LogP contribution is -2.20. The van der Waals surface area contributed by atoms with Gasteiger partial charge in [0.1, 0.15) is 17.2 Å². The fourth-order valence-corrected chi connectivity index (χ4v) is 2.47. The summed E-state index contributed by atoms with van der Waals surface area (Å²) in [6.45, 7) is 0. The molecular weight excluding hydrogens is 352 g/mol. The molecule has 3 aromatic rings. The van der Waals surface area contributed by atoms with Crippen LogP contribution in [0, 0.1) is 0 Å². The van der Waals surface area contributed by atoms with E-state index < -0.39 is 12.1 Å². The molecule has 0 bridgehead atoms. The maximum absolute atomic E-state index is 12.1. The van der Waals surface area contributed by atoms with Crippen LogP contribution in [0.2, 0.25) is 5.02 Å². The first-order valence-corrected chi connectivity index (χ1v) is 8.36. The van der Waals surface area contributed by atoms with Crippen molar-refractivity contribution in [2.45, 2.75) is 6.10 Å². The van der Waals surface area contributed by atoms with Gasteiger partial charge in [-0.05, 0) is 48.5 Å². The molecule has 0 radical (unpaired) electrons. The lowest BCUT2D eigenvalue weighted by Gasteiger charge is -2.17. The molecule has 0 amide bonds. The van der Waals surface area contributed by atoms with Crippen LogP contribution in [0.5, 0.6) is 17.2 Å². The van der Waals surface area contributed by atoms with E-state index in [2.05, 4.69) is 0 Å². The van der Waals surface area contributed by atoms with E-state index in [9.17, 15) is 4.79 Å². The predicted octanol–water partition coefficient (Wildman–Crippen LogP) is 5.43. The first kappa shape index (κ1) is 17.8. The van der Waals surface area contributed by atoms with Crippen molar-refractivity contribution in [2.24, 2.45) is 0 Å². The number of methoxy groups -OCH3 is 1. The van der Waals surface area contributed by atoms with Gasteiger partial charge in [0.2, 0.25) is 6.10 Å². The molecule has 3 aromatic carbocycles. The maximum atomic E-state index is 12.1. The minimum absolute atomic E-state index is 0.472. The molecule has 5 heteroatoms. The van der Waals surface area contributed by atoms with Crippen LogP contribution in [0.25, 0.3) is 0 Å².